The van der Waals surface area contributed by atoms with Gasteiger partial charge >= 0.3 is 6.09 Å². The van der Waals surface area contributed by atoms with Gasteiger partial charge in [0, 0.05) is 13.0 Å². The van der Waals surface area contributed by atoms with Crippen LogP contribution in [0.25, 0.3) is 0 Å². The lowest BCUT2D eigenvalue weighted by Gasteiger charge is -2.19. The smallest absolute Gasteiger partial charge is 0.407 e. The van der Waals surface area contributed by atoms with E-state index in [1.54, 1.807) is 20.8 Å². The fourth-order valence-corrected chi connectivity index (χ4v) is 1.37. The van der Waals surface area contributed by atoms with Gasteiger partial charge < -0.3 is 20.1 Å². The number of aromatic hydroxyl groups is 1. The molecule has 0 fully saturated rings. The summed E-state index contributed by atoms with van der Waals surface area (Å²) in [5.41, 5.74) is -0.926. The van der Waals surface area contributed by atoms with Gasteiger partial charge in [-0.3, -0.25) is 4.79 Å². The Morgan fingerprint density at radius 1 is 1.53 bits per heavy atom. The van der Waals surface area contributed by atoms with E-state index in [2.05, 4.69) is 15.3 Å². The number of ether oxygens (including phenoxy) is 1. The lowest BCUT2D eigenvalue weighted by atomic mass is 10.2. The minimum Gasteiger partial charge on any atom is -0.493 e. The first kappa shape index (κ1) is 15.0. The van der Waals surface area contributed by atoms with Gasteiger partial charge in [-0.25, -0.2) is 9.78 Å². The lowest BCUT2D eigenvalue weighted by molar-refractivity contribution is 0.0527. The number of amides is 1. The molecule has 0 radical (unpaired) electrons. The molecule has 1 aromatic rings. The normalized spacial score (nSPS) is 11.1. The highest BCUT2D eigenvalue weighted by molar-refractivity contribution is 5.67. The summed E-state index contributed by atoms with van der Waals surface area (Å²) in [6, 6.07) is 1.00. The Hall–Kier alpha value is -2.05. The van der Waals surface area contributed by atoms with Crippen LogP contribution in [-0.2, 0) is 11.2 Å². The maximum atomic E-state index is 11.3. The molecule has 7 nitrogen and oxygen atoms in total. The van der Waals surface area contributed by atoms with Crippen LogP contribution in [0, 0.1) is 0 Å². The fraction of sp³-hybridized carbons (Fsp3) is 0.583. The molecule has 0 bridgehead atoms. The van der Waals surface area contributed by atoms with E-state index in [1.165, 1.54) is 0 Å². The van der Waals surface area contributed by atoms with Gasteiger partial charge in [0.25, 0.3) is 5.56 Å². The first-order valence-corrected chi connectivity index (χ1v) is 6.02. The Morgan fingerprint density at radius 2 is 2.21 bits per heavy atom. The predicted octanol–water partition coefficient (Wildman–Crippen LogP) is 0.933. The van der Waals surface area contributed by atoms with Crippen molar-refractivity contribution in [1.29, 1.82) is 0 Å². The number of aryl methyl sites for hydroxylation is 1. The molecule has 0 saturated heterocycles. The maximum absolute atomic E-state index is 11.3. The second-order valence-electron chi connectivity index (χ2n) is 5.08. The lowest BCUT2D eigenvalue weighted by Crippen LogP contribution is -2.33. The van der Waals surface area contributed by atoms with Crippen LogP contribution in [0.2, 0.25) is 0 Å². The molecule has 0 spiro atoms. The quantitative estimate of drug-likeness (QED) is 0.705. The summed E-state index contributed by atoms with van der Waals surface area (Å²) in [6.45, 7) is 5.75. The van der Waals surface area contributed by atoms with E-state index < -0.39 is 17.3 Å². The second kappa shape index (κ2) is 6.21. The average Bonchev–Trinajstić information content (AvgIpc) is 2.20. The van der Waals surface area contributed by atoms with Crippen molar-refractivity contribution >= 4 is 6.09 Å². The first-order chi connectivity index (χ1) is 8.76. The first-order valence-electron chi connectivity index (χ1n) is 6.02. The van der Waals surface area contributed by atoms with E-state index >= 15 is 0 Å². The van der Waals surface area contributed by atoms with Crippen molar-refractivity contribution in [3.8, 4) is 5.88 Å². The van der Waals surface area contributed by atoms with Crippen LogP contribution in [0.1, 0.15) is 33.0 Å². The number of alkyl carbamates (subject to hydrolysis) is 1. The van der Waals surface area contributed by atoms with Crippen molar-refractivity contribution in [1.82, 2.24) is 15.3 Å². The number of carbonyl (C=O) groups is 1. The van der Waals surface area contributed by atoms with Gasteiger partial charge in [-0.05, 0) is 27.2 Å². The number of aromatic amines is 1. The molecule has 0 saturated carbocycles. The molecular formula is C12H19N3O4. The van der Waals surface area contributed by atoms with E-state index in [9.17, 15) is 9.59 Å². The molecule has 0 aliphatic rings. The van der Waals surface area contributed by atoms with Crippen molar-refractivity contribution in [2.45, 2.75) is 39.2 Å². The molecule has 1 amide bonds. The number of carbonyl (C=O) groups excluding carboxylic acids is 1. The average molecular weight is 269 g/mol. The summed E-state index contributed by atoms with van der Waals surface area (Å²) in [7, 11) is 0. The molecule has 3 N–H and O–H groups in total. The standard InChI is InChI=1S/C12H19N3O4/c1-12(2,3)19-11(18)13-6-4-5-8-14-9(16)7-10(17)15-8/h7H,4-6H2,1-3H3,(H,13,18)(H2,14,15,16,17). The summed E-state index contributed by atoms with van der Waals surface area (Å²) < 4.78 is 5.06. The monoisotopic (exact) mass is 269 g/mol. The van der Waals surface area contributed by atoms with Crippen molar-refractivity contribution in [3.05, 3.63) is 22.2 Å². The Kier molecular flexibility index (Phi) is 4.91. The van der Waals surface area contributed by atoms with Crippen LogP contribution >= 0.6 is 0 Å². The third kappa shape index (κ3) is 6.44. The van der Waals surface area contributed by atoms with E-state index in [0.717, 1.165) is 6.07 Å². The van der Waals surface area contributed by atoms with Crippen molar-refractivity contribution < 1.29 is 14.6 Å². The van der Waals surface area contributed by atoms with Gasteiger partial charge in [0.2, 0.25) is 5.88 Å². The van der Waals surface area contributed by atoms with Crippen LogP contribution in [0.4, 0.5) is 4.79 Å². The minimum absolute atomic E-state index is 0.307. The molecule has 1 rings (SSSR count). The molecule has 19 heavy (non-hydrogen) atoms. The molecule has 1 aromatic heterocycles. The van der Waals surface area contributed by atoms with Crippen LogP contribution < -0.4 is 10.9 Å². The third-order valence-electron chi connectivity index (χ3n) is 2.04. The fourth-order valence-electron chi connectivity index (χ4n) is 1.37. The molecule has 0 aliphatic heterocycles. The molecular weight excluding hydrogens is 250 g/mol. The second-order valence-corrected chi connectivity index (χ2v) is 5.08. The maximum Gasteiger partial charge on any atom is 0.407 e. The molecule has 0 atom stereocenters. The van der Waals surface area contributed by atoms with Gasteiger partial charge in [-0.1, -0.05) is 0 Å². The number of nitrogens with zero attached hydrogens (tertiary/aromatic N) is 1. The van der Waals surface area contributed by atoms with E-state index in [0.29, 0.717) is 25.2 Å². The van der Waals surface area contributed by atoms with Crippen LogP contribution in [0.15, 0.2) is 10.9 Å². The third-order valence-corrected chi connectivity index (χ3v) is 2.04. The molecule has 7 heteroatoms. The van der Waals surface area contributed by atoms with Gasteiger partial charge in [-0.2, -0.15) is 0 Å². The molecule has 0 unspecified atom stereocenters. The number of aromatic nitrogens is 2. The Balaban J connectivity index is 2.31. The van der Waals surface area contributed by atoms with Crippen molar-refractivity contribution in [2.75, 3.05) is 6.54 Å². The predicted molar refractivity (Wildman–Crippen MR) is 69.1 cm³/mol. The van der Waals surface area contributed by atoms with Gasteiger partial charge in [-0.15, -0.1) is 0 Å². The number of rotatable bonds is 4. The zero-order valence-electron chi connectivity index (χ0n) is 11.3. The van der Waals surface area contributed by atoms with Crippen molar-refractivity contribution in [2.24, 2.45) is 0 Å². The zero-order valence-corrected chi connectivity index (χ0v) is 11.3. The van der Waals surface area contributed by atoms with Crippen LogP contribution in [0.5, 0.6) is 5.88 Å². The van der Waals surface area contributed by atoms with E-state index in [1.807, 2.05) is 0 Å². The van der Waals surface area contributed by atoms with Crippen LogP contribution in [0.3, 0.4) is 0 Å². The highest BCUT2D eigenvalue weighted by atomic mass is 16.6. The molecule has 106 valence electrons. The molecule has 0 aromatic carbocycles. The zero-order chi connectivity index (χ0) is 14.5. The summed E-state index contributed by atoms with van der Waals surface area (Å²) in [6.07, 6.45) is 0.537. The van der Waals surface area contributed by atoms with Gasteiger partial charge in [0.05, 0.1) is 6.07 Å². The van der Waals surface area contributed by atoms with Gasteiger partial charge in [0.1, 0.15) is 11.4 Å². The number of hydrogen-bond acceptors (Lipinski definition) is 5. The molecule has 1 heterocycles. The summed E-state index contributed by atoms with van der Waals surface area (Å²) in [5, 5.41) is 11.7. The Labute approximate surface area is 111 Å². The number of hydrogen-bond donors (Lipinski definition) is 3. The summed E-state index contributed by atoms with van der Waals surface area (Å²) >= 11 is 0. The molecule has 0 aliphatic carbocycles. The van der Waals surface area contributed by atoms with Gasteiger partial charge in [0.15, 0.2) is 0 Å². The highest BCUT2D eigenvalue weighted by Crippen LogP contribution is 2.06. The SMILES string of the molecule is CC(C)(C)OC(=O)NCCCc1nc(O)cc(=O)[nH]1. The van der Waals surface area contributed by atoms with E-state index in [-0.39, 0.29) is 5.88 Å². The minimum atomic E-state index is -0.526. The topological polar surface area (TPSA) is 104 Å². The number of H-pyrrole nitrogens is 1. The summed E-state index contributed by atoms with van der Waals surface area (Å²) in [5.74, 6) is 0.0786. The van der Waals surface area contributed by atoms with Crippen molar-refractivity contribution in [3.63, 3.8) is 0 Å². The highest BCUT2D eigenvalue weighted by Gasteiger charge is 2.15. The van der Waals surface area contributed by atoms with Crippen LogP contribution in [-0.4, -0.2) is 33.3 Å². The summed E-state index contributed by atoms with van der Waals surface area (Å²) in [4.78, 5) is 28.7. The Bertz CT molecular complexity index is 490. The Morgan fingerprint density at radius 3 is 2.79 bits per heavy atom. The number of nitrogens with one attached hydrogen (secondary N) is 2. The van der Waals surface area contributed by atoms with E-state index in [4.69, 9.17) is 9.84 Å². The largest absolute Gasteiger partial charge is 0.493 e.